The molecule has 20 heavy (non-hydrogen) atoms. The fraction of sp³-hybridized carbons (Fsp3) is 1.00. The lowest BCUT2D eigenvalue weighted by atomic mass is 10.1. The largest absolute Gasteiger partial charge is 0.330 e. The SMILES string of the molecule is CCCCCCCCCCCCNC(C)C[N+](C)(C)C. The van der Waals surface area contributed by atoms with Crippen LogP contribution in [0, 0.1) is 0 Å². The molecule has 0 rings (SSSR count). The maximum atomic E-state index is 3.65. The van der Waals surface area contributed by atoms with Crippen LogP contribution < -0.4 is 5.32 Å². The summed E-state index contributed by atoms with van der Waals surface area (Å²) >= 11 is 0. The van der Waals surface area contributed by atoms with Crippen LogP contribution in [0.25, 0.3) is 0 Å². The maximum Gasteiger partial charge on any atom is 0.0933 e. The lowest BCUT2D eigenvalue weighted by molar-refractivity contribution is -0.871. The van der Waals surface area contributed by atoms with Crippen LogP contribution in [0.15, 0.2) is 0 Å². The molecule has 1 atom stereocenters. The Morgan fingerprint density at radius 2 is 1.20 bits per heavy atom. The standard InChI is InChI=1S/C18H41N2/c1-6-7-8-9-10-11-12-13-14-15-16-19-18(2)17-20(3,4)5/h18-19H,6-17H2,1-5H3/q+1. The number of hydrogen-bond acceptors (Lipinski definition) is 1. The van der Waals surface area contributed by atoms with Gasteiger partial charge in [0.05, 0.1) is 33.7 Å². The second-order valence-electron chi connectivity index (χ2n) is 7.51. The quantitative estimate of drug-likeness (QED) is 0.363. The van der Waals surface area contributed by atoms with E-state index in [1.54, 1.807) is 0 Å². The van der Waals surface area contributed by atoms with Crippen LogP contribution in [0.5, 0.6) is 0 Å². The predicted molar refractivity (Wildman–Crippen MR) is 92.2 cm³/mol. The van der Waals surface area contributed by atoms with Gasteiger partial charge < -0.3 is 9.80 Å². The number of rotatable bonds is 14. The number of nitrogens with one attached hydrogen (secondary N) is 1. The second-order valence-corrected chi connectivity index (χ2v) is 7.51. The van der Waals surface area contributed by atoms with Crippen molar-refractivity contribution in [3.05, 3.63) is 0 Å². The Morgan fingerprint density at radius 1 is 0.750 bits per heavy atom. The fourth-order valence-corrected chi connectivity index (χ4v) is 2.85. The summed E-state index contributed by atoms with van der Waals surface area (Å²) in [6, 6.07) is 0.633. The van der Waals surface area contributed by atoms with Gasteiger partial charge in [0.25, 0.3) is 0 Å². The summed E-state index contributed by atoms with van der Waals surface area (Å²) in [5.41, 5.74) is 0. The molecule has 0 aromatic carbocycles. The Hall–Kier alpha value is -0.0800. The zero-order valence-corrected chi connectivity index (χ0v) is 15.0. The molecule has 0 saturated heterocycles. The third-order valence-corrected chi connectivity index (χ3v) is 3.84. The van der Waals surface area contributed by atoms with E-state index >= 15 is 0 Å². The zero-order valence-electron chi connectivity index (χ0n) is 15.0. The molecule has 0 aromatic rings. The molecule has 0 bridgehead atoms. The van der Waals surface area contributed by atoms with E-state index in [2.05, 4.69) is 40.3 Å². The van der Waals surface area contributed by atoms with Crippen molar-refractivity contribution in [3.63, 3.8) is 0 Å². The van der Waals surface area contributed by atoms with E-state index in [1.807, 2.05) is 0 Å². The Kier molecular flexibility index (Phi) is 12.6. The molecule has 122 valence electrons. The summed E-state index contributed by atoms with van der Waals surface area (Å²) < 4.78 is 1.05. The summed E-state index contributed by atoms with van der Waals surface area (Å²) in [6.07, 6.45) is 14.2. The third-order valence-electron chi connectivity index (χ3n) is 3.84. The number of hydrogen-bond donors (Lipinski definition) is 1. The molecule has 0 aliphatic heterocycles. The first kappa shape index (κ1) is 19.9. The first-order valence-electron chi connectivity index (χ1n) is 8.99. The van der Waals surface area contributed by atoms with Crippen molar-refractivity contribution in [1.29, 1.82) is 0 Å². The Bertz CT molecular complexity index is 196. The average molecular weight is 286 g/mol. The number of unbranched alkanes of at least 4 members (excludes halogenated alkanes) is 9. The Morgan fingerprint density at radius 3 is 1.65 bits per heavy atom. The minimum Gasteiger partial charge on any atom is -0.330 e. The van der Waals surface area contributed by atoms with Gasteiger partial charge in [0, 0.05) is 0 Å². The molecule has 0 radical (unpaired) electrons. The number of nitrogens with zero attached hydrogens (tertiary/aromatic N) is 1. The van der Waals surface area contributed by atoms with E-state index in [-0.39, 0.29) is 0 Å². The lowest BCUT2D eigenvalue weighted by Gasteiger charge is -2.28. The topological polar surface area (TPSA) is 12.0 Å². The van der Waals surface area contributed by atoms with E-state index in [9.17, 15) is 0 Å². The minimum atomic E-state index is 0.633. The second kappa shape index (κ2) is 12.6. The predicted octanol–water partition coefficient (Wildman–Crippen LogP) is 4.59. The molecule has 0 saturated carbocycles. The van der Waals surface area contributed by atoms with E-state index in [1.165, 1.54) is 77.3 Å². The van der Waals surface area contributed by atoms with Gasteiger partial charge in [-0.2, -0.15) is 0 Å². The molecular weight excluding hydrogens is 244 g/mol. The third kappa shape index (κ3) is 16.0. The molecule has 0 amide bonds. The van der Waals surface area contributed by atoms with Gasteiger partial charge in [-0.3, -0.25) is 0 Å². The average Bonchev–Trinajstić information content (AvgIpc) is 2.34. The summed E-state index contributed by atoms with van der Waals surface area (Å²) in [4.78, 5) is 0. The first-order valence-corrected chi connectivity index (χ1v) is 8.99. The van der Waals surface area contributed by atoms with Crippen molar-refractivity contribution in [2.24, 2.45) is 0 Å². The summed E-state index contributed by atoms with van der Waals surface area (Å²) in [5.74, 6) is 0. The van der Waals surface area contributed by atoms with Gasteiger partial charge in [-0.15, -0.1) is 0 Å². The Balaban J connectivity index is 3.17. The van der Waals surface area contributed by atoms with Gasteiger partial charge in [-0.05, 0) is 19.9 Å². The summed E-state index contributed by atoms with van der Waals surface area (Å²) in [5, 5.41) is 3.65. The van der Waals surface area contributed by atoms with Gasteiger partial charge >= 0.3 is 0 Å². The Labute approximate surface area is 128 Å². The van der Waals surface area contributed by atoms with Crippen molar-refractivity contribution in [2.75, 3.05) is 34.2 Å². The van der Waals surface area contributed by atoms with Crippen LogP contribution >= 0.6 is 0 Å². The van der Waals surface area contributed by atoms with E-state index in [0.29, 0.717) is 6.04 Å². The molecule has 0 spiro atoms. The summed E-state index contributed by atoms with van der Waals surface area (Å²) in [6.45, 7) is 6.99. The molecule has 1 N–H and O–H groups in total. The van der Waals surface area contributed by atoms with Crippen molar-refractivity contribution in [3.8, 4) is 0 Å². The molecular formula is C18H41N2+. The molecule has 0 aromatic heterocycles. The molecule has 2 nitrogen and oxygen atoms in total. The minimum absolute atomic E-state index is 0.633. The highest BCUT2D eigenvalue weighted by molar-refractivity contribution is 4.59. The molecule has 0 aliphatic rings. The first-order chi connectivity index (χ1) is 9.45. The van der Waals surface area contributed by atoms with Gasteiger partial charge in [0.1, 0.15) is 0 Å². The highest BCUT2D eigenvalue weighted by Gasteiger charge is 2.12. The summed E-state index contributed by atoms with van der Waals surface area (Å²) in [7, 11) is 6.79. The van der Waals surface area contributed by atoms with Crippen molar-refractivity contribution in [1.82, 2.24) is 5.32 Å². The van der Waals surface area contributed by atoms with Crippen molar-refractivity contribution >= 4 is 0 Å². The number of quaternary nitrogens is 1. The van der Waals surface area contributed by atoms with Crippen LogP contribution in [0.1, 0.15) is 78.1 Å². The fourth-order valence-electron chi connectivity index (χ4n) is 2.85. The van der Waals surface area contributed by atoms with E-state index in [0.717, 1.165) is 4.48 Å². The lowest BCUT2D eigenvalue weighted by Crippen LogP contribution is -2.45. The van der Waals surface area contributed by atoms with Crippen LogP contribution in [-0.4, -0.2) is 44.8 Å². The highest BCUT2D eigenvalue weighted by atomic mass is 15.3. The van der Waals surface area contributed by atoms with Crippen LogP contribution in [-0.2, 0) is 0 Å². The molecule has 1 unspecified atom stereocenters. The number of likely N-dealkylation sites (N-methyl/N-ethyl adjacent to an activating group) is 1. The van der Waals surface area contributed by atoms with Crippen molar-refractivity contribution in [2.45, 2.75) is 84.1 Å². The van der Waals surface area contributed by atoms with Gasteiger partial charge in [0.15, 0.2) is 0 Å². The van der Waals surface area contributed by atoms with Gasteiger partial charge in [0.2, 0.25) is 0 Å². The highest BCUT2D eigenvalue weighted by Crippen LogP contribution is 2.10. The maximum absolute atomic E-state index is 3.65. The molecule has 0 aliphatic carbocycles. The normalized spacial score (nSPS) is 13.7. The van der Waals surface area contributed by atoms with E-state index in [4.69, 9.17) is 0 Å². The zero-order chi connectivity index (χ0) is 15.3. The molecule has 2 heteroatoms. The van der Waals surface area contributed by atoms with Crippen LogP contribution in [0.3, 0.4) is 0 Å². The smallest absolute Gasteiger partial charge is 0.0933 e. The van der Waals surface area contributed by atoms with E-state index < -0.39 is 0 Å². The van der Waals surface area contributed by atoms with Gasteiger partial charge in [-0.25, -0.2) is 0 Å². The molecule has 0 fully saturated rings. The van der Waals surface area contributed by atoms with Crippen LogP contribution in [0.4, 0.5) is 0 Å². The monoisotopic (exact) mass is 285 g/mol. The van der Waals surface area contributed by atoms with Crippen LogP contribution in [0.2, 0.25) is 0 Å². The van der Waals surface area contributed by atoms with Crippen molar-refractivity contribution < 1.29 is 4.48 Å². The molecule has 0 heterocycles. The van der Waals surface area contributed by atoms with Gasteiger partial charge in [-0.1, -0.05) is 64.7 Å².